The van der Waals surface area contributed by atoms with Gasteiger partial charge in [-0.15, -0.1) is 11.3 Å². The summed E-state index contributed by atoms with van der Waals surface area (Å²) < 4.78 is 20.6. The van der Waals surface area contributed by atoms with Crippen molar-refractivity contribution in [2.45, 2.75) is 38.5 Å². The van der Waals surface area contributed by atoms with E-state index in [0.717, 1.165) is 30.8 Å². The molecule has 2 aliphatic heterocycles. The maximum Gasteiger partial charge on any atom is 0.412 e. The highest BCUT2D eigenvalue weighted by Gasteiger charge is 2.32. The minimum Gasteiger partial charge on any atom is -0.442 e. The first-order valence-corrected chi connectivity index (χ1v) is 14.8. The van der Waals surface area contributed by atoms with E-state index in [2.05, 4.69) is 20.5 Å². The second-order valence-corrected chi connectivity index (χ2v) is 11.4. The number of nitrogens with zero attached hydrogens (tertiary/aromatic N) is 5. The molecule has 2 saturated heterocycles. The molecule has 2 aliphatic rings. The van der Waals surface area contributed by atoms with Gasteiger partial charge in [0.05, 0.1) is 24.8 Å². The molecule has 6 rings (SSSR count). The third-order valence-electron chi connectivity index (χ3n) is 7.56. The second-order valence-electron chi connectivity index (χ2n) is 10.5. The van der Waals surface area contributed by atoms with Crippen molar-refractivity contribution in [1.82, 2.24) is 19.4 Å². The lowest BCUT2D eigenvalue weighted by molar-refractivity contribution is -0.138. The first-order chi connectivity index (χ1) is 20.8. The lowest BCUT2D eigenvalue weighted by atomic mass is 10.1. The Balaban J connectivity index is 1.05. The molecule has 2 N–H and O–H groups in total. The number of amides is 3. The predicted molar refractivity (Wildman–Crippen MR) is 160 cm³/mol. The summed E-state index contributed by atoms with van der Waals surface area (Å²) in [6.07, 6.45) is 4.27. The van der Waals surface area contributed by atoms with Crippen molar-refractivity contribution in [1.29, 1.82) is 0 Å². The summed E-state index contributed by atoms with van der Waals surface area (Å²) in [5, 5.41) is 8.12. The van der Waals surface area contributed by atoms with Crippen LogP contribution in [0.25, 0.3) is 0 Å². The van der Waals surface area contributed by atoms with E-state index in [1.54, 1.807) is 33.9 Å². The molecule has 4 aromatic rings. The van der Waals surface area contributed by atoms with Crippen LogP contribution in [0.3, 0.4) is 0 Å². The molecule has 0 aliphatic carbocycles. The molecule has 0 bridgehead atoms. The second kappa shape index (κ2) is 12.2. The summed E-state index contributed by atoms with van der Waals surface area (Å²) in [4.78, 5) is 48.8. The number of benzene rings is 1. The standard InChI is InChI=1S/C30H30FN7O4S/c1-19(39)37-16-23(17-37)42-30(41)33-21-6-8-22(9-7-21)38-13-3-4-25(38)24-18-43-29(34-24)35-28(40)26-5-2-12-36(26)15-20-10-11-32-27(31)14-20/h2,5-12,14,18,23,25H,3-4,13,15-17H2,1H3,(H,33,41)(H,34,35,40)/t25-/m1/s1. The number of thiazole rings is 1. The van der Waals surface area contributed by atoms with E-state index in [9.17, 15) is 18.8 Å². The van der Waals surface area contributed by atoms with E-state index in [0.29, 0.717) is 41.7 Å². The van der Waals surface area contributed by atoms with Crippen molar-refractivity contribution < 1.29 is 23.5 Å². The molecule has 0 saturated carbocycles. The fourth-order valence-electron chi connectivity index (χ4n) is 5.34. The molecule has 13 heteroatoms. The van der Waals surface area contributed by atoms with Crippen LogP contribution in [0.5, 0.6) is 0 Å². The summed E-state index contributed by atoms with van der Waals surface area (Å²) in [6, 6.07) is 14.2. The zero-order valence-corrected chi connectivity index (χ0v) is 24.2. The summed E-state index contributed by atoms with van der Waals surface area (Å²) in [7, 11) is 0. The zero-order chi connectivity index (χ0) is 29.9. The molecule has 3 aromatic heterocycles. The lowest BCUT2D eigenvalue weighted by Crippen LogP contribution is -2.54. The Morgan fingerprint density at radius 2 is 1.93 bits per heavy atom. The number of halogens is 1. The van der Waals surface area contributed by atoms with E-state index < -0.39 is 12.0 Å². The van der Waals surface area contributed by atoms with Crippen LogP contribution in [0.2, 0.25) is 0 Å². The summed E-state index contributed by atoms with van der Waals surface area (Å²) in [6.45, 7) is 3.53. The number of ether oxygens (including phenoxy) is 1. The van der Waals surface area contributed by atoms with Crippen molar-refractivity contribution in [3.63, 3.8) is 0 Å². The number of carbonyl (C=O) groups is 3. The van der Waals surface area contributed by atoms with E-state index >= 15 is 0 Å². The molecule has 5 heterocycles. The number of hydrogen-bond acceptors (Lipinski definition) is 8. The van der Waals surface area contributed by atoms with Crippen molar-refractivity contribution in [2.24, 2.45) is 0 Å². The van der Waals surface area contributed by atoms with Crippen LogP contribution >= 0.6 is 11.3 Å². The Kier molecular flexibility index (Phi) is 8.05. The molecule has 222 valence electrons. The van der Waals surface area contributed by atoms with Crippen LogP contribution in [0, 0.1) is 5.95 Å². The van der Waals surface area contributed by atoms with Crippen molar-refractivity contribution in [2.75, 3.05) is 35.2 Å². The van der Waals surface area contributed by atoms with Gasteiger partial charge in [0.25, 0.3) is 5.91 Å². The molecule has 1 atom stereocenters. The van der Waals surface area contributed by atoms with Crippen LogP contribution < -0.4 is 15.5 Å². The van der Waals surface area contributed by atoms with Gasteiger partial charge >= 0.3 is 6.09 Å². The minimum atomic E-state index is -0.562. The van der Waals surface area contributed by atoms with Crippen LogP contribution in [0.15, 0.2) is 66.3 Å². The highest BCUT2D eigenvalue weighted by atomic mass is 32.1. The average molecular weight is 604 g/mol. The average Bonchev–Trinajstić information content (AvgIpc) is 3.72. The third-order valence-corrected chi connectivity index (χ3v) is 8.33. The molecule has 11 nitrogen and oxygen atoms in total. The summed E-state index contributed by atoms with van der Waals surface area (Å²) in [5.41, 5.74) is 3.65. The monoisotopic (exact) mass is 603 g/mol. The van der Waals surface area contributed by atoms with E-state index in [1.165, 1.54) is 30.5 Å². The Labute approximate surface area is 251 Å². The molecule has 43 heavy (non-hydrogen) atoms. The number of likely N-dealkylation sites (tertiary alicyclic amines) is 1. The van der Waals surface area contributed by atoms with Gasteiger partial charge in [0.2, 0.25) is 11.9 Å². The Morgan fingerprint density at radius 1 is 1.12 bits per heavy atom. The van der Waals surface area contributed by atoms with Gasteiger partial charge in [-0.25, -0.2) is 14.8 Å². The quantitative estimate of drug-likeness (QED) is 0.275. The number of rotatable bonds is 8. The number of nitrogens with one attached hydrogen (secondary N) is 2. The maximum atomic E-state index is 13.5. The van der Waals surface area contributed by atoms with Gasteiger partial charge in [0, 0.05) is 49.2 Å². The van der Waals surface area contributed by atoms with Gasteiger partial charge in [-0.2, -0.15) is 4.39 Å². The Morgan fingerprint density at radius 3 is 2.70 bits per heavy atom. The summed E-state index contributed by atoms with van der Waals surface area (Å²) in [5.74, 6) is -0.885. The van der Waals surface area contributed by atoms with E-state index in [4.69, 9.17) is 9.72 Å². The SMILES string of the molecule is CC(=O)N1CC(OC(=O)Nc2ccc(N3CCC[C@@H]3c3csc(NC(=O)c4cccn4Cc4ccnc(F)c4)n3)cc2)C1. The highest BCUT2D eigenvalue weighted by molar-refractivity contribution is 7.14. The predicted octanol–water partition coefficient (Wildman–Crippen LogP) is 4.90. The van der Waals surface area contributed by atoms with Gasteiger partial charge < -0.3 is 19.1 Å². The minimum absolute atomic E-state index is 0.0298. The van der Waals surface area contributed by atoms with Gasteiger partial charge in [-0.1, -0.05) is 0 Å². The van der Waals surface area contributed by atoms with Crippen LogP contribution in [0.1, 0.15) is 47.6 Å². The van der Waals surface area contributed by atoms with E-state index in [-0.39, 0.29) is 24.0 Å². The fraction of sp³-hybridized carbons (Fsp3) is 0.300. The lowest BCUT2D eigenvalue weighted by Gasteiger charge is -2.37. The highest BCUT2D eigenvalue weighted by Crippen LogP contribution is 2.37. The molecular formula is C30H30FN7O4S. The molecule has 0 spiro atoms. The topological polar surface area (TPSA) is 122 Å². The molecule has 1 aromatic carbocycles. The summed E-state index contributed by atoms with van der Waals surface area (Å²) >= 11 is 1.37. The first-order valence-electron chi connectivity index (χ1n) is 13.9. The molecule has 0 unspecified atom stereocenters. The van der Waals surface area contributed by atoms with Crippen LogP contribution in [-0.2, 0) is 16.1 Å². The van der Waals surface area contributed by atoms with Gasteiger partial charge in [-0.05, 0) is 66.9 Å². The van der Waals surface area contributed by atoms with E-state index in [1.807, 2.05) is 29.6 Å². The number of pyridine rings is 1. The van der Waals surface area contributed by atoms with Crippen molar-refractivity contribution in [3.8, 4) is 0 Å². The smallest absolute Gasteiger partial charge is 0.412 e. The van der Waals surface area contributed by atoms with Gasteiger partial charge in [-0.3, -0.25) is 20.2 Å². The van der Waals surface area contributed by atoms with Gasteiger partial charge in [0.15, 0.2) is 5.13 Å². The van der Waals surface area contributed by atoms with Crippen molar-refractivity contribution in [3.05, 3.63) is 89.2 Å². The first kappa shape index (κ1) is 28.3. The van der Waals surface area contributed by atoms with Crippen LogP contribution in [-0.4, -0.2) is 63.1 Å². The molecular weight excluding hydrogens is 573 g/mol. The maximum absolute atomic E-state index is 13.5. The number of aromatic nitrogens is 3. The number of anilines is 3. The number of hydrogen-bond donors (Lipinski definition) is 2. The van der Waals surface area contributed by atoms with Gasteiger partial charge in [0.1, 0.15) is 11.8 Å². The largest absolute Gasteiger partial charge is 0.442 e. The molecule has 2 fully saturated rings. The third kappa shape index (κ3) is 6.51. The number of carbonyl (C=O) groups excluding carboxylic acids is 3. The van der Waals surface area contributed by atoms with Crippen LogP contribution in [0.4, 0.5) is 25.7 Å². The zero-order valence-electron chi connectivity index (χ0n) is 23.4. The molecule has 3 amide bonds. The Hall–Kier alpha value is -4.78. The fourth-order valence-corrected chi connectivity index (χ4v) is 6.09. The Bertz CT molecular complexity index is 1630. The normalized spacial score (nSPS) is 16.6. The molecule has 0 radical (unpaired) electrons. The van der Waals surface area contributed by atoms with Crippen molar-refractivity contribution >= 4 is 45.8 Å².